The zero-order chi connectivity index (χ0) is 20.3. The molecule has 0 aliphatic carbocycles. The summed E-state index contributed by atoms with van der Waals surface area (Å²) in [6.07, 6.45) is 4.95. The van der Waals surface area contributed by atoms with Crippen LogP contribution in [0.4, 0.5) is 5.69 Å². The number of carbonyl (C=O) groups is 2. The first-order valence-corrected chi connectivity index (χ1v) is 8.63. The van der Waals surface area contributed by atoms with Crippen molar-refractivity contribution >= 4 is 17.5 Å². The number of amides is 2. The van der Waals surface area contributed by atoms with E-state index < -0.39 is 0 Å². The van der Waals surface area contributed by atoms with E-state index in [0.29, 0.717) is 29.1 Å². The molecule has 0 bridgehead atoms. The van der Waals surface area contributed by atoms with Crippen molar-refractivity contribution in [2.75, 3.05) is 12.4 Å². The minimum atomic E-state index is -0.346. The number of ether oxygens (including phenoxy) is 1. The predicted molar refractivity (Wildman–Crippen MR) is 103 cm³/mol. The maximum absolute atomic E-state index is 12.7. The van der Waals surface area contributed by atoms with E-state index in [4.69, 9.17) is 4.74 Å². The van der Waals surface area contributed by atoms with Crippen LogP contribution < -0.4 is 15.4 Å². The van der Waals surface area contributed by atoms with E-state index in [1.165, 1.54) is 10.9 Å². The summed E-state index contributed by atoms with van der Waals surface area (Å²) in [4.78, 5) is 25.4. The second-order valence-corrected chi connectivity index (χ2v) is 6.32. The normalized spacial score (nSPS) is 10.6. The number of benzene rings is 1. The quantitative estimate of drug-likeness (QED) is 0.675. The van der Waals surface area contributed by atoms with Crippen molar-refractivity contribution in [2.45, 2.75) is 13.5 Å². The van der Waals surface area contributed by atoms with Gasteiger partial charge in [-0.3, -0.25) is 19.0 Å². The molecule has 3 aromatic rings. The number of carbonyl (C=O) groups excluding carboxylic acids is 2. The van der Waals surface area contributed by atoms with E-state index in [9.17, 15) is 9.59 Å². The van der Waals surface area contributed by atoms with Crippen molar-refractivity contribution in [2.24, 2.45) is 14.1 Å². The molecular weight excluding hydrogens is 360 g/mol. The first kappa shape index (κ1) is 19.2. The lowest BCUT2D eigenvalue weighted by Crippen LogP contribution is -2.26. The topological polar surface area (TPSA) is 103 Å². The Bertz CT molecular complexity index is 1020. The van der Waals surface area contributed by atoms with Gasteiger partial charge in [-0.05, 0) is 19.1 Å². The summed E-state index contributed by atoms with van der Waals surface area (Å²) in [5.41, 5.74) is 2.64. The van der Waals surface area contributed by atoms with Crippen molar-refractivity contribution in [1.82, 2.24) is 24.9 Å². The van der Waals surface area contributed by atoms with Gasteiger partial charge in [0.2, 0.25) is 0 Å². The van der Waals surface area contributed by atoms with E-state index >= 15 is 0 Å². The Labute approximate surface area is 162 Å². The second-order valence-electron chi connectivity index (χ2n) is 6.32. The molecule has 0 spiro atoms. The second kappa shape index (κ2) is 7.95. The van der Waals surface area contributed by atoms with Crippen LogP contribution >= 0.6 is 0 Å². The van der Waals surface area contributed by atoms with E-state index in [2.05, 4.69) is 20.8 Å². The monoisotopic (exact) mass is 382 g/mol. The van der Waals surface area contributed by atoms with E-state index in [1.54, 1.807) is 57.2 Å². The number of nitrogens with zero attached hydrogens (tertiary/aromatic N) is 4. The highest BCUT2D eigenvalue weighted by Gasteiger charge is 2.20. The molecule has 0 saturated heterocycles. The van der Waals surface area contributed by atoms with Crippen LogP contribution in [-0.4, -0.2) is 38.5 Å². The molecule has 0 unspecified atom stereocenters. The molecular formula is C19H22N6O3. The number of hydrogen-bond acceptors (Lipinski definition) is 5. The van der Waals surface area contributed by atoms with Gasteiger partial charge in [-0.15, -0.1) is 0 Å². The van der Waals surface area contributed by atoms with Crippen LogP contribution in [0.25, 0.3) is 0 Å². The van der Waals surface area contributed by atoms with Gasteiger partial charge < -0.3 is 15.4 Å². The number of rotatable bonds is 6. The Morgan fingerprint density at radius 2 is 1.93 bits per heavy atom. The number of nitrogens with one attached hydrogen (secondary N) is 2. The van der Waals surface area contributed by atoms with Crippen LogP contribution in [0.5, 0.6) is 5.75 Å². The standard InChI is InChI=1S/C19H22N6O3/c1-12-14(6-5-7-16(12)28-4)18(26)23-15-10-22-25(3)17(15)19(27)20-8-13-9-21-24(2)11-13/h5-7,9-11H,8H2,1-4H3,(H,20,27)(H,23,26). The molecule has 2 aromatic heterocycles. The summed E-state index contributed by atoms with van der Waals surface area (Å²) >= 11 is 0. The van der Waals surface area contributed by atoms with Crippen LogP contribution in [0, 0.1) is 6.92 Å². The smallest absolute Gasteiger partial charge is 0.271 e. The van der Waals surface area contributed by atoms with Crippen LogP contribution in [0.3, 0.4) is 0 Å². The van der Waals surface area contributed by atoms with Gasteiger partial charge in [-0.1, -0.05) is 6.07 Å². The third kappa shape index (κ3) is 3.88. The Hall–Kier alpha value is -3.62. The van der Waals surface area contributed by atoms with Crippen molar-refractivity contribution in [1.29, 1.82) is 0 Å². The highest BCUT2D eigenvalue weighted by Crippen LogP contribution is 2.23. The minimum Gasteiger partial charge on any atom is -0.496 e. The fourth-order valence-electron chi connectivity index (χ4n) is 2.90. The molecule has 0 aliphatic heterocycles. The van der Waals surface area contributed by atoms with Gasteiger partial charge in [-0.2, -0.15) is 10.2 Å². The highest BCUT2D eigenvalue weighted by atomic mass is 16.5. The SMILES string of the molecule is COc1cccc(C(=O)Nc2cnn(C)c2C(=O)NCc2cnn(C)c2)c1C. The lowest BCUT2D eigenvalue weighted by atomic mass is 10.1. The molecule has 0 radical (unpaired) electrons. The fraction of sp³-hybridized carbons (Fsp3) is 0.263. The first-order chi connectivity index (χ1) is 13.4. The van der Waals surface area contributed by atoms with E-state index in [1.807, 2.05) is 6.20 Å². The summed E-state index contributed by atoms with van der Waals surface area (Å²) < 4.78 is 8.34. The van der Waals surface area contributed by atoms with Crippen molar-refractivity contribution in [3.8, 4) is 5.75 Å². The molecule has 2 N–H and O–H groups in total. The van der Waals surface area contributed by atoms with Crippen LogP contribution in [0.2, 0.25) is 0 Å². The maximum Gasteiger partial charge on any atom is 0.271 e. The number of anilines is 1. The minimum absolute atomic E-state index is 0.262. The third-order valence-corrected chi connectivity index (χ3v) is 4.36. The largest absolute Gasteiger partial charge is 0.496 e. The van der Waals surface area contributed by atoms with Crippen LogP contribution in [0.1, 0.15) is 32.0 Å². The van der Waals surface area contributed by atoms with Gasteiger partial charge >= 0.3 is 0 Å². The molecule has 9 heteroatoms. The van der Waals surface area contributed by atoms with Crippen LogP contribution in [0.15, 0.2) is 36.8 Å². The fourth-order valence-corrected chi connectivity index (χ4v) is 2.90. The van der Waals surface area contributed by atoms with Crippen molar-refractivity contribution in [3.63, 3.8) is 0 Å². The molecule has 0 aliphatic rings. The molecule has 0 saturated carbocycles. The zero-order valence-corrected chi connectivity index (χ0v) is 16.2. The van der Waals surface area contributed by atoms with E-state index in [-0.39, 0.29) is 17.5 Å². The molecule has 9 nitrogen and oxygen atoms in total. The Morgan fingerprint density at radius 3 is 2.61 bits per heavy atom. The molecule has 1 aromatic carbocycles. The molecule has 0 fully saturated rings. The van der Waals surface area contributed by atoms with Gasteiger partial charge in [-0.25, -0.2) is 0 Å². The lowest BCUT2D eigenvalue weighted by molar-refractivity contribution is 0.0942. The average molecular weight is 382 g/mol. The van der Waals surface area contributed by atoms with Gasteiger partial charge in [0.1, 0.15) is 11.4 Å². The lowest BCUT2D eigenvalue weighted by Gasteiger charge is -2.11. The third-order valence-electron chi connectivity index (χ3n) is 4.36. The molecule has 28 heavy (non-hydrogen) atoms. The zero-order valence-electron chi connectivity index (χ0n) is 16.2. The Morgan fingerprint density at radius 1 is 1.14 bits per heavy atom. The van der Waals surface area contributed by atoms with Gasteiger partial charge in [0, 0.05) is 43.5 Å². The Kier molecular flexibility index (Phi) is 5.44. The first-order valence-electron chi connectivity index (χ1n) is 8.63. The number of methoxy groups -OCH3 is 1. The number of hydrogen-bond donors (Lipinski definition) is 2. The summed E-state index contributed by atoms with van der Waals surface area (Å²) in [6.45, 7) is 2.12. The number of aryl methyl sites for hydroxylation is 2. The summed E-state index contributed by atoms with van der Waals surface area (Å²) in [6, 6.07) is 5.23. The number of aromatic nitrogens is 4. The average Bonchev–Trinajstić information content (AvgIpc) is 3.25. The molecule has 146 valence electrons. The van der Waals surface area contributed by atoms with Gasteiger partial charge in [0.25, 0.3) is 11.8 Å². The molecule has 2 heterocycles. The summed E-state index contributed by atoms with van der Waals surface area (Å²) in [5, 5.41) is 13.7. The van der Waals surface area contributed by atoms with Gasteiger partial charge in [0.15, 0.2) is 0 Å². The summed E-state index contributed by atoms with van der Waals surface area (Å²) in [5.74, 6) is -0.0690. The molecule has 3 rings (SSSR count). The van der Waals surface area contributed by atoms with Gasteiger partial charge in [0.05, 0.1) is 25.2 Å². The van der Waals surface area contributed by atoms with Crippen molar-refractivity contribution < 1.29 is 14.3 Å². The molecule has 2 amide bonds. The Balaban J connectivity index is 1.77. The molecule has 0 atom stereocenters. The summed E-state index contributed by atoms with van der Waals surface area (Å²) in [7, 11) is 5.00. The maximum atomic E-state index is 12.7. The van der Waals surface area contributed by atoms with Crippen molar-refractivity contribution in [3.05, 3.63) is 59.2 Å². The highest BCUT2D eigenvalue weighted by molar-refractivity contribution is 6.09. The van der Waals surface area contributed by atoms with E-state index in [0.717, 1.165) is 5.56 Å². The van der Waals surface area contributed by atoms with Crippen LogP contribution in [-0.2, 0) is 20.6 Å². The predicted octanol–water partition coefficient (Wildman–Crippen LogP) is 1.65.